The third kappa shape index (κ3) is 5.30. The Morgan fingerprint density at radius 1 is 1.21 bits per heavy atom. The topological polar surface area (TPSA) is 49.8 Å². The minimum Gasteiger partial charge on any atom is -0.484 e. The smallest absolute Gasteiger partial charge is 0.260 e. The number of benzene rings is 1. The quantitative estimate of drug-likeness (QED) is 0.819. The van der Waals surface area contributed by atoms with Gasteiger partial charge in [-0.05, 0) is 43.5 Å². The molecular formula is C15H23NO3. The zero-order valence-corrected chi connectivity index (χ0v) is 12.0. The van der Waals surface area contributed by atoms with Gasteiger partial charge in [0.2, 0.25) is 0 Å². The highest BCUT2D eigenvalue weighted by Crippen LogP contribution is 2.16. The predicted octanol–water partition coefficient (Wildman–Crippen LogP) is 1.91. The Morgan fingerprint density at radius 2 is 1.84 bits per heavy atom. The fraction of sp³-hybridized carbons (Fsp3) is 0.533. The van der Waals surface area contributed by atoms with Crippen molar-refractivity contribution in [2.24, 2.45) is 0 Å². The van der Waals surface area contributed by atoms with Crippen LogP contribution in [0.3, 0.4) is 0 Å². The number of hydrogen-bond donors (Lipinski definition) is 1. The van der Waals surface area contributed by atoms with Crippen molar-refractivity contribution < 1.29 is 14.6 Å². The molecule has 0 spiro atoms. The van der Waals surface area contributed by atoms with E-state index in [0.29, 0.717) is 18.8 Å². The van der Waals surface area contributed by atoms with Gasteiger partial charge in [0.25, 0.3) is 5.91 Å². The van der Waals surface area contributed by atoms with E-state index in [1.54, 1.807) is 4.90 Å². The van der Waals surface area contributed by atoms with E-state index >= 15 is 0 Å². The molecule has 19 heavy (non-hydrogen) atoms. The number of ether oxygens (including phenoxy) is 1. The van der Waals surface area contributed by atoms with Gasteiger partial charge in [0.05, 0.1) is 6.61 Å². The second kappa shape index (κ2) is 7.79. The molecule has 0 heterocycles. The number of aliphatic hydroxyl groups is 1. The van der Waals surface area contributed by atoms with Crippen molar-refractivity contribution in [1.29, 1.82) is 0 Å². The lowest BCUT2D eigenvalue weighted by molar-refractivity contribution is -0.133. The maximum atomic E-state index is 12.0. The number of hydrogen-bond acceptors (Lipinski definition) is 3. The van der Waals surface area contributed by atoms with Crippen LogP contribution in [-0.2, 0) is 4.79 Å². The first-order valence-electron chi connectivity index (χ1n) is 6.66. The van der Waals surface area contributed by atoms with Crippen LogP contribution in [0, 0.1) is 13.8 Å². The van der Waals surface area contributed by atoms with E-state index in [0.717, 1.165) is 17.5 Å². The number of aryl methyl sites for hydroxylation is 2. The summed E-state index contributed by atoms with van der Waals surface area (Å²) in [5.41, 5.74) is 2.23. The molecule has 0 bridgehead atoms. The molecule has 4 nitrogen and oxygen atoms in total. The molecule has 0 aliphatic rings. The van der Waals surface area contributed by atoms with Crippen molar-refractivity contribution in [3.05, 3.63) is 29.3 Å². The predicted molar refractivity (Wildman–Crippen MR) is 75.4 cm³/mol. The Bertz CT molecular complexity index is 392. The van der Waals surface area contributed by atoms with Gasteiger partial charge in [0.15, 0.2) is 6.61 Å². The largest absolute Gasteiger partial charge is 0.484 e. The Labute approximate surface area is 115 Å². The molecule has 0 saturated carbocycles. The first-order valence-corrected chi connectivity index (χ1v) is 6.66. The number of carbonyl (C=O) groups is 1. The highest BCUT2D eigenvalue weighted by molar-refractivity contribution is 5.77. The zero-order chi connectivity index (χ0) is 14.3. The van der Waals surface area contributed by atoms with Crippen molar-refractivity contribution in [3.8, 4) is 5.75 Å². The molecule has 0 radical (unpaired) electrons. The van der Waals surface area contributed by atoms with Crippen LogP contribution in [0.5, 0.6) is 5.75 Å². The van der Waals surface area contributed by atoms with Crippen molar-refractivity contribution in [2.45, 2.75) is 27.2 Å². The van der Waals surface area contributed by atoms with E-state index in [1.165, 1.54) is 0 Å². The molecule has 0 saturated heterocycles. The lowest BCUT2D eigenvalue weighted by Crippen LogP contribution is -2.37. The lowest BCUT2D eigenvalue weighted by Gasteiger charge is -2.21. The van der Waals surface area contributed by atoms with E-state index in [1.807, 2.05) is 32.9 Å². The summed E-state index contributed by atoms with van der Waals surface area (Å²) in [6.07, 6.45) is 0.870. The van der Waals surface area contributed by atoms with Crippen LogP contribution in [-0.4, -0.2) is 42.2 Å². The minimum atomic E-state index is -0.0879. The van der Waals surface area contributed by atoms with Crippen LogP contribution >= 0.6 is 0 Å². The summed E-state index contributed by atoms with van der Waals surface area (Å²) in [5.74, 6) is 0.626. The van der Waals surface area contributed by atoms with Crippen LogP contribution < -0.4 is 4.74 Å². The standard InChI is InChI=1S/C15H23NO3/c1-4-5-16(6-7-17)15(18)11-19-14-9-12(2)8-13(3)10-14/h8-10,17H,4-7,11H2,1-3H3. The molecule has 106 valence electrons. The zero-order valence-electron chi connectivity index (χ0n) is 12.0. The average molecular weight is 265 g/mol. The van der Waals surface area contributed by atoms with Gasteiger partial charge in [-0.15, -0.1) is 0 Å². The first-order chi connectivity index (χ1) is 9.06. The summed E-state index contributed by atoms with van der Waals surface area (Å²) in [4.78, 5) is 13.6. The van der Waals surface area contributed by atoms with Gasteiger partial charge >= 0.3 is 0 Å². The number of aliphatic hydroxyl groups excluding tert-OH is 1. The molecular weight excluding hydrogens is 242 g/mol. The number of carbonyl (C=O) groups excluding carboxylic acids is 1. The fourth-order valence-electron chi connectivity index (χ4n) is 2.00. The number of nitrogens with zero attached hydrogens (tertiary/aromatic N) is 1. The molecule has 0 aromatic heterocycles. The van der Waals surface area contributed by atoms with Gasteiger partial charge in [-0.2, -0.15) is 0 Å². The van der Waals surface area contributed by atoms with Gasteiger partial charge in [0, 0.05) is 13.1 Å². The van der Waals surface area contributed by atoms with Gasteiger partial charge in [-0.3, -0.25) is 4.79 Å². The summed E-state index contributed by atoms with van der Waals surface area (Å²) in [6, 6.07) is 5.89. The third-order valence-corrected chi connectivity index (χ3v) is 2.77. The fourth-order valence-corrected chi connectivity index (χ4v) is 2.00. The van der Waals surface area contributed by atoms with Crippen molar-refractivity contribution in [2.75, 3.05) is 26.3 Å². The van der Waals surface area contributed by atoms with Gasteiger partial charge < -0.3 is 14.7 Å². The van der Waals surface area contributed by atoms with Crippen molar-refractivity contribution in [3.63, 3.8) is 0 Å². The van der Waals surface area contributed by atoms with E-state index in [4.69, 9.17) is 9.84 Å². The van der Waals surface area contributed by atoms with Crippen LogP contribution in [0.4, 0.5) is 0 Å². The number of amides is 1. The normalized spacial score (nSPS) is 10.3. The van der Waals surface area contributed by atoms with Gasteiger partial charge in [-0.25, -0.2) is 0 Å². The first kappa shape index (κ1) is 15.5. The highest BCUT2D eigenvalue weighted by Gasteiger charge is 2.12. The average Bonchev–Trinajstić information content (AvgIpc) is 2.34. The Morgan fingerprint density at radius 3 is 2.37 bits per heavy atom. The SMILES string of the molecule is CCCN(CCO)C(=O)COc1cc(C)cc(C)c1. The van der Waals surface area contributed by atoms with Crippen molar-refractivity contribution in [1.82, 2.24) is 4.90 Å². The van der Waals surface area contributed by atoms with Gasteiger partial charge in [-0.1, -0.05) is 13.0 Å². The summed E-state index contributed by atoms with van der Waals surface area (Å²) in [6.45, 7) is 7.01. The van der Waals surface area contributed by atoms with E-state index in [2.05, 4.69) is 6.07 Å². The molecule has 1 amide bonds. The minimum absolute atomic E-state index is 0.0168. The van der Waals surface area contributed by atoms with E-state index in [9.17, 15) is 4.79 Å². The maximum absolute atomic E-state index is 12.0. The Balaban J connectivity index is 2.56. The summed E-state index contributed by atoms with van der Waals surface area (Å²) in [5, 5.41) is 8.94. The maximum Gasteiger partial charge on any atom is 0.260 e. The molecule has 0 aliphatic carbocycles. The molecule has 0 aliphatic heterocycles. The summed E-state index contributed by atoms with van der Waals surface area (Å²) in [7, 11) is 0. The van der Waals surface area contributed by atoms with Crippen molar-refractivity contribution >= 4 is 5.91 Å². The molecule has 0 unspecified atom stereocenters. The Kier molecular flexibility index (Phi) is 6.36. The number of rotatable bonds is 7. The molecule has 1 aromatic carbocycles. The van der Waals surface area contributed by atoms with Crippen LogP contribution in [0.15, 0.2) is 18.2 Å². The van der Waals surface area contributed by atoms with Crippen LogP contribution in [0.1, 0.15) is 24.5 Å². The molecule has 0 atom stereocenters. The molecule has 4 heteroatoms. The van der Waals surface area contributed by atoms with E-state index in [-0.39, 0.29) is 19.1 Å². The molecule has 1 aromatic rings. The van der Waals surface area contributed by atoms with Crippen LogP contribution in [0.25, 0.3) is 0 Å². The Hall–Kier alpha value is -1.55. The monoisotopic (exact) mass is 265 g/mol. The second-order valence-corrected chi connectivity index (χ2v) is 4.72. The lowest BCUT2D eigenvalue weighted by atomic mass is 10.1. The molecule has 1 N–H and O–H groups in total. The molecule has 0 fully saturated rings. The second-order valence-electron chi connectivity index (χ2n) is 4.72. The van der Waals surface area contributed by atoms with Gasteiger partial charge in [0.1, 0.15) is 5.75 Å². The van der Waals surface area contributed by atoms with E-state index < -0.39 is 0 Å². The molecule has 1 rings (SSSR count). The van der Waals surface area contributed by atoms with Crippen LogP contribution in [0.2, 0.25) is 0 Å². The summed E-state index contributed by atoms with van der Waals surface area (Å²) < 4.78 is 5.53. The third-order valence-electron chi connectivity index (χ3n) is 2.77. The summed E-state index contributed by atoms with van der Waals surface area (Å²) >= 11 is 0. The highest BCUT2D eigenvalue weighted by atomic mass is 16.5.